The first-order valence-electron chi connectivity index (χ1n) is 5.27. The van der Waals surface area contributed by atoms with Gasteiger partial charge in [0.15, 0.2) is 0 Å². The third kappa shape index (κ3) is 6.66. The predicted octanol–water partition coefficient (Wildman–Crippen LogP) is 3.06. The van der Waals surface area contributed by atoms with Gasteiger partial charge in [-0.15, -0.1) is 0 Å². The van der Waals surface area contributed by atoms with E-state index < -0.39 is 0 Å². The molecule has 1 N–H and O–H groups in total. The summed E-state index contributed by atoms with van der Waals surface area (Å²) in [6.45, 7) is 12.5. The van der Waals surface area contributed by atoms with Crippen LogP contribution in [0.5, 0.6) is 0 Å². The van der Waals surface area contributed by atoms with Crippen LogP contribution in [0.15, 0.2) is 0 Å². The van der Waals surface area contributed by atoms with Gasteiger partial charge in [-0.05, 0) is 31.2 Å². The Kier molecular flexibility index (Phi) is 6.45. The minimum absolute atomic E-state index is 0.638. The summed E-state index contributed by atoms with van der Waals surface area (Å²) in [5.74, 6) is 1.71. The lowest BCUT2D eigenvalue weighted by Gasteiger charge is -2.15. The van der Waals surface area contributed by atoms with Gasteiger partial charge in [-0.3, -0.25) is 0 Å². The van der Waals surface area contributed by atoms with Crippen molar-refractivity contribution in [3.63, 3.8) is 0 Å². The van der Waals surface area contributed by atoms with Gasteiger partial charge in [0.1, 0.15) is 0 Å². The molecule has 1 unspecified atom stereocenters. The van der Waals surface area contributed by atoms with Gasteiger partial charge in [0, 0.05) is 6.04 Å². The normalized spacial score (nSPS) is 14.2. The maximum atomic E-state index is 3.44. The largest absolute Gasteiger partial charge is 0.315 e. The van der Waals surface area contributed by atoms with Crippen molar-refractivity contribution in [1.82, 2.24) is 5.32 Å². The van der Waals surface area contributed by atoms with Gasteiger partial charge in [0.05, 0.1) is 0 Å². The molecule has 0 aromatic heterocycles. The molecule has 0 saturated heterocycles. The van der Waals surface area contributed by atoms with Crippen LogP contribution in [-0.4, -0.2) is 12.6 Å². The quantitative estimate of drug-likeness (QED) is 0.606. The second kappa shape index (κ2) is 6.47. The molecular weight excluding hydrogens is 146 g/mol. The molecular formula is C11H25N. The Labute approximate surface area is 77.9 Å². The van der Waals surface area contributed by atoms with E-state index in [1.165, 1.54) is 19.4 Å². The van der Waals surface area contributed by atoms with E-state index in [1.54, 1.807) is 0 Å². The van der Waals surface area contributed by atoms with Gasteiger partial charge >= 0.3 is 0 Å². The summed E-state index contributed by atoms with van der Waals surface area (Å²) < 4.78 is 0. The first kappa shape index (κ1) is 12.0. The number of nitrogens with one attached hydrogen (secondary N) is 1. The highest BCUT2D eigenvalue weighted by Gasteiger charge is 2.05. The molecule has 0 aliphatic carbocycles. The standard InChI is InChI=1S/C11H25N/c1-9(2)11(5)7-6-8-12-10(3)4/h9-12H,6-8H2,1-5H3. The Morgan fingerprint density at radius 1 is 1.00 bits per heavy atom. The Hall–Kier alpha value is -0.0400. The Morgan fingerprint density at radius 3 is 2.00 bits per heavy atom. The van der Waals surface area contributed by atoms with E-state index in [0.717, 1.165) is 11.8 Å². The summed E-state index contributed by atoms with van der Waals surface area (Å²) in [5.41, 5.74) is 0. The molecule has 0 rings (SSSR count). The van der Waals surface area contributed by atoms with Crippen molar-refractivity contribution < 1.29 is 0 Å². The lowest BCUT2D eigenvalue weighted by Crippen LogP contribution is -2.24. The van der Waals surface area contributed by atoms with Crippen LogP contribution in [0.4, 0.5) is 0 Å². The molecule has 0 amide bonds. The molecule has 0 spiro atoms. The Bertz CT molecular complexity index is 97.2. The fourth-order valence-corrected chi connectivity index (χ4v) is 1.15. The predicted molar refractivity (Wildman–Crippen MR) is 56.4 cm³/mol. The lowest BCUT2D eigenvalue weighted by molar-refractivity contribution is 0.375. The van der Waals surface area contributed by atoms with Crippen molar-refractivity contribution >= 4 is 0 Å². The number of hydrogen-bond donors (Lipinski definition) is 1. The van der Waals surface area contributed by atoms with Crippen molar-refractivity contribution in [3.8, 4) is 0 Å². The van der Waals surface area contributed by atoms with Crippen LogP contribution in [0.2, 0.25) is 0 Å². The number of hydrogen-bond acceptors (Lipinski definition) is 1. The maximum absolute atomic E-state index is 3.44. The molecule has 0 aliphatic heterocycles. The third-order valence-electron chi connectivity index (χ3n) is 2.53. The zero-order valence-corrected chi connectivity index (χ0v) is 9.35. The van der Waals surface area contributed by atoms with E-state index in [9.17, 15) is 0 Å². The van der Waals surface area contributed by atoms with Crippen LogP contribution in [0.1, 0.15) is 47.5 Å². The fourth-order valence-electron chi connectivity index (χ4n) is 1.15. The van der Waals surface area contributed by atoms with E-state index >= 15 is 0 Å². The van der Waals surface area contributed by atoms with E-state index in [2.05, 4.69) is 39.9 Å². The molecule has 1 atom stereocenters. The van der Waals surface area contributed by atoms with Crippen molar-refractivity contribution in [3.05, 3.63) is 0 Å². The van der Waals surface area contributed by atoms with Gasteiger partial charge < -0.3 is 5.32 Å². The van der Waals surface area contributed by atoms with Crippen molar-refractivity contribution in [2.45, 2.75) is 53.5 Å². The van der Waals surface area contributed by atoms with Gasteiger partial charge in [-0.25, -0.2) is 0 Å². The molecule has 0 radical (unpaired) electrons. The SMILES string of the molecule is CC(C)NCCCC(C)C(C)C. The second-order valence-electron chi connectivity index (χ2n) is 4.47. The maximum Gasteiger partial charge on any atom is 0.00103 e. The van der Waals surface area contributed by atoms with Crippen LogP contribution < -0.4 is 5.32 Å². The minimum atomic E-state index is 0.638. The summed E-state index contributed by atoms with van der Waals surface area (Å²) in [5, 5.41) is 3.44. The molecule has 0 heterocycles. The Morgan fingerprint density at radius 2 is 1.58 bits per heavy atom. The Balaban J connectivity index is 3.20. The average molecular weight is 171 g/mol. The van der Waals surface area contributed by atoms with E-state index in [0.29, 0.717) is 6.04 Å². The van der Waals surface area contributed by atoms with Gasteiger partial charge in [0.25, 0.3) is 0 Å². The highest BCUT2D eigenvalue weighted by atomic mass is 14.9. The zero-order valence-electron chi connectivity index (χ0n) is 9.35. The molecule has 1 nitrogen and oxygen atoms in total. The summed E-state index contributed by atoms with van der Waals surface area (Å²) in [6, 6.07) is 0.638. The van der Waals surface area contributed by atoms with Gasteiger partial charge in [0.2, 0.25) is 0 Å². The van der Waals surface area contributed by atoms with E-state index in [-0.39, 0.29) is 0 Å². The lowest BCUT2D eigenvalue weighted by atomic mass is 9.93. The first-order valence-corrected chi connectivity index (χ1v) is 5.27. The minimum Gasteiger partial charge on any atom is -0.315 e. The highest BCUT2D eigenvalue weighted by molar-refractivity contribution is 4.59. The molecule has 0 bridgehead atoms. The summed E-state index contributed by atoms with van der Waals surface area (Å²) in [6.07, 6.45) is 2.68. The molecule has 1 heteroatoms. The first-order chi connectivity index (χ1) is 5.54. The fraction of sp³-hybridized carbons (Fsp3) is 1.00. The van der Waals surface area contributed by atoms with Crippen molar-refractivity contribution in [2.75, 3.05) is 6.54 Å². The number of rotatable bonds is 6. The monoisotopic (exact) mass is 171 g/mol. The molecule has 0 aromatic rings. The molecule has 0 fully saturated rings. The van der Waals surface area contributed by atoms with Gasteiger partial charge in [-0.2, -0.15) is 0 Å². The summed E-state index contributed by atoms with van der Waals surface area (Å²) in [4.78, 5) is 0. The van der Waals surface area contributed by atoms with Crippen molar-refractivity contribution in [2.24, 2.45) is 11.8 Å². The molecule has 0 aromatic carbocycles. The third-order valence-corrected chi connectivity index (χ3v) is 2.53. The van der Waals surface area contributed by atoms with E-state index in [4.69, 9.17) is 0 Å². The molecule has 12 heavy (non-hydrogen) atoms. The van der Waals surface area contributed by atoms with Crippen LogP contribution >= 0.6 is 0 Å². The zero-order chi connectivity index (χ0) is 9.56. The van der Waals surface area contributed by atoms with Gasteiger partial charge in [-0.1, -0.05) is 34.6 Å². The van der Waals surface area contributed by atoms with Crippen LogP contribution in [0.25, 0.3) is 0 Å². The topological polar surface area (TPSA) is 12.0 Å². The average Bonchev–Trinajstić information content (AvgIpc) is 1.97. The molecule has 74 valence electrons. The molecule has 0 aliphatic rings. The molecule has 0 saturated carbocycles. The van der Waals surface area contributed by atoms with E-state index in [1.807, 2.05) is 0 Å². The smallest absolute Gasteiger partial charge is 0.00103 e. The van der Waals surface area contributed by atoms with Crippen LogP contribution in [-0.2, 0) is 0 Å². The van der Waals surface area contributed by atoms with Crippen LogP contribution in [0, 0.1) is 11.8 Å². The highest BCUT2D eigenvalue weighted by Crippen LogP contribution is 2.15. The summed E-state index contributed by atoms with van der Waals surface area (Å²) in [7, 11) is 0. The van der Waals surface area contributed by atoms with Crippen molar-refractivity contribution in [1.29, 1.82) is 0 Å². The second-order valence-corrected chi connectivity index (χ2v) is 4.47. The summed E-state index contributed by atoms with van der Waals surface area (Å²) >= 11 is 0. The van der Waals surface area contributed by atoms with Crippen LogP contribution in [0.3, 0.4) is 0 Å².